The van der Waals surface area contributed by atoms with Crippen molar-refractivity contribution in [2.75, 3.05) is 0 Å². The van der Waals surface area contributed by atoms with Gasteiger partial charge in [-0.25, -0.2) is 9.18 Å². The molecule has 1 heterocycles. The predicted octanol–water partition coefficient (Wildman–Crippen LogP) is 3.58. The Bertz CT molecular complexity index is 563. The van der Waals surface area contributed by atoms with Gasteiger partial charge >= 0.3 is 5.97 Å². The molecule has 0 bridgehead atoms. The van der Waals surface area contributed by atoms with Crippen LogP contribution in [0.25, 0.3) is 0 Å². The van der Waals surface area contributed by atoms with E-state index >= 15 is 0 Å². The molecule has 0 unspecified atom stereocenters. The summed E-state index contributed by atoms with van der Waals surface area (Å²) in [4.78, 5) is 11.4. The topological polar surface area (TPSA) is 50.4 Å². The summed E-state index contributed by atoms with van der Waals surface area (Å²) in [5.41, 5.74) is 0.992. The number of aromatic carboxylic acids is 1. The van der Waals surface area contributed by atoms with Crippen molar-refractivity contribution in [1.82, 2.24) is 0 Å². The number of carboxylic acids is 1. The Morgan fingerprint density at radius 2 is 2.18 bits per heavy atom. The van der Waals surface area contributed by atoms with Crippen LogP contribution in [0, 0.1) is 12.7 Å². The molecule has 0 radical (unpaired) electrons. The predicted molar refractivity (Wildman–Crippen MR) is 60.9 cm³/mol. The molecule has 5 heteroatoms. The first kappa shape index (κ1) is 11.7. The van der Waals surface area contributed by atoms with Crippen LogP contribution in [0.2, 0.25) is 0 Å². The number of carboxylic acid groups (broad SMARTS) is 1. The largest absolute Gasteiger partial charge is 0.478 e. The van der Waals surface area contributed by atoms with Crippen LogP contribution >= 0.6 is 11.8 Å². The summed E-state index contributed by atoms with van der Waals surface area (Å²) in [6.45, 7) is 1.85. The lowest BCUT2D eigenvalue weighted by molar-refractivity contribution is 0.0696. The second-order valence-electron chi connectivity index (χ2n) is 3.47. The van der Waals surface area contributed by atoms with Crippen molar-refractivity contribution in [1.29, 1.82) is 0 Å². The highest BCUT2D eigenvalue weighted by atomic mass is 32.2. The SMILES string of the molecule is Cc1ccc(F)cc1Sc1cc(C(=O)O)co1. The lowest BCUT2D eigenvalue weighted by atomic mass is 10.2. The maximum atomic E-state index is 13.0. The summed E-state index contributed by atoms with van der Waals surface area (Å²) in [6.07, 6.45) is 1.17. The first-order valence-corrected chi connectivity index (χ1v) is 5.64. The molecule has 1 aromatic heterocycles. The molecule has 0 amide bonds. The third kappa shape index (κ3) is 2.68. The summed E-state index contributed by atoms with van der Waals surface area (Å²) in [5.74, 6) is -1.38. The Kier molecular flexibility index (Phi) is 3.19. The van der Waals surface area contributed by atoms with Gasteiger partial charge in [0.25, 0.3) is 0 Å². The van der Waals surface area contributed by atoms with Crippen molar-refractivity contribution in [2.24, 2.45) is 0 Å². The molecule has 0 saturated carbocycles. The summed E-state index contributed by atoms with van der Waals surface area (Å²) in [7, 11) is 0. The summed E-state index contributed by atoms with van der Waals surface area (Å²) in [6, 6.07) is 5.85. The number of halogens is 1. The van der Waals surface area contributed by atoms with Crippen LogP contribution in [0.5, 0.6) is 0 Å². The number of aryl methyl sites for hydroxylation is 1. The molecular formula is C12H9FO3S. The minimum atomic E-state index is -1.04. The van der Waals surface area contributed by atoms with Crippen LogP contribution in [0.3, 0.4) is 0 Å². The third-order valence-corrected chi connectivity index (χ3v) is 3.26. The number of furan rings is 1. The molecule has 2 aromatic rings. The van der Waals surface area contributed by atoms with Crippen LogP contribution in [-0.2, 0) is 0 Å². The number of benzene rings is 1. The molecule has 0 saturated heterocycles. The summed E-state index contributed by atoms with van der Waals surface area (Å²) < 4.78 is 18.1. The normalized spacial score (nSPS) is 10.5. The van der Waals surface area contributed by atoms with E-state index in [0.717, 1.165) is 5.56 Å². The van der Waals surface area contributed by atoms with E-state index in [1.54, 1.807) is 6.07 Å². The smallest absolute Gasteiger partial charge is 0.339 e. The Labute approximate surface area is 101 Å². The van der Waals surface area contributed by atoms with Gasteiger partial charge in [-0.2, -0.15) is 0 Å². The maximum absolute atomic E-state index is 13.0. The van der Waals surface area contributed by atoms with Gasteiger partial charge in [0.05, 0.1) is 5.56 Å². The second kappa shape index (κ2) is 4.63. The fourth-order valence-corrected chi connectivity index (χ4v) is 2.17. The Balaban J connectivity index is 2.25. The zero-order chi connectivity index (χ0) is 12.4. The first-order chi connectivity index (χ1) is 8.06. The molecule has 0 spiro atoms. The summed E-state index contributed by atoms with van der Waals surface area (Å²) in [5, 5.41) is 9.16. The highest BCUT2D eigenvalue weighted by Gasteiger charge is 2.10. The van der Waals surface area contributed by atoms with Crippen molar-refractivity contribution in [3.8, 4) is 0 Å². The van der Waals surface area contributed by atoms with Gasteiger partial charge in [0.15, 0.2) is 5.09 Å². The Morgan fingerprint density at radius 3 is 2.82 bits per heavy atom. The Hall–Kier alpha value is -1.75. The van der Waals surface area contributed by atoms with Gasteiger partial charge in [0, 0.05) is 11.0 Å². The Morgan fingerprint density at radius 1 is 1.41 bits per heavy atom. The third-order valence-electron chi connectivity index (χ3n) is 2.18. The molecule has 0 aliphatic carbocycles. The highest BCUT2D eigenvalue weighted by molar-refractivity contribution is 7.99. The number of rotatable bonds is 3. The van der Waals surface area contributed by atoms with Gasteiger partial charge in [0.2, 0.25) is 0 Å². The molecule has 3 nitrogen and oxygen atoms in total. The van der Waals surface area contributed by atoms with Gasteiger partial charge < -0.3 is 9.52 Å². The van der Waals surface area contributed by atoms with E-state index < -0.39 is 5.97 Å². The first-order valence-electron chi connectivity index (χ1n) is 4.82. The standard InChI is InChI=1S/C12H9FO3S/c1-7-2-3-9(13)5-10(7)17-11-4-8(6-16-11)12(14)15/h2-6H,1H3,(H,14,15). The fraction of sp³-hybridized carbons (Fsp3) is 0.0833. The zero-order valence-corrected chi connectivity index (χ0v) is 9.75. The lowest BCUT2D eigenvalue weighted by Crippen LogP contribution is -1.91. The van der Waals surface area contributed by atoms with E-state index in [0.29, 0.717) is 9.99 Å². The molecule has 0 aliphatic rings. The molecule has 17 heavy (non-hydrogen) atoms. The van der Waals surface area contributed by atoms with Crippen LogP contribution in [0.1, 0.15) is 15.9 Å². The molecule has 0 aliphatic heterocycles. The van der Waals surface area contributed by atoms with Crippen LogP contribution in [0.15, 0.2) is 44.9 Å². The molecular weight excluding hydrogens is 243 g/mol. The minimum Gasteiger partial charge on any atom is -0.478 e. The fourth-order valence-electron chi connectivity index (χ4n) is 1.27. The van der Waals surface area contributed by atoms with E-state index in [1.807, 2.05) is 6.92 Å². The van der Waals surface area contributed by atoms with Crippen LogP contribution < -0.4 is 0 Å². The number of hydrogen-bond donors (Lipinski definition) is 1. The zero-order valence-electron chi connectivity index (χ0n) is 8.94. The van der Waals surface area contributed by atoms with Gasteiger partial charge in [0.1, 0.15) is 12.1 Å². The van der Waals surface area contributed by atoms with E-state index in [4.69, 9.17) is 9.52 Å². The number of carbonyl (C=O) groups is 1. The minimum absolute atomic E-state index is 0.0848. The summed E-state index contributed by atoms with van der Waals surface area (Å²) >= 11 is 1.20. The molecule has 88 valence electrons. The van der Waals surface area contributed by atoms with E-state index in [1.165, 1.54) is 36.2 Å². The van der Waals surface area contributed by atoms with Crippen LogP contribution in [0.4, 0.5) is 4.39 Å². The van der Waals surface area contributed by atoms with Crippen molar-refractivity contribution < 1.29 is 18.7 Å². The molecule has 0 fully saturated rings. The number of hydrogen-bond acceptors (Lipinski definition) is 3. The quantitative estimate of drug-likeness (QED) is 0.907. The maximum Gasteiger partial charge on any atom is 0.339 e. The van der Waals surface area contributed by atoms with Crippen molar-refractivity contribution in [3.05, 3.63) is 47.5 Å². The van der Waals surface area contributed by atoms with Crippen LogP contribution in [-0.4, -0.2) is 11.1 Å². The lowest BCUT2D eigenvalue weighted by Gasteiger charge is -2.02. The molecule has 1 aromatic carbocycles. The van der Waals surface area contributed by atoms with E-state index in [2.05, 4.69) is 0 Å². The van der Waals surface area contributed by atoms with Crippen molar-refractivity contribution in [2.45, 2.75) is 16.9 Å². The highest BCUT2D eigenvalue weighted by Crippen LogP contribution is 2.31. The van der Waals surface area contributed by atoms with E-state index in [9.17, 15) is 9.18 Å². The van der Waals surface area contributed by atoms with Gasteiger partial charge in [-0.3, -0.25) is 0 Å². The van der Waals surface area contributed by atoms with Gasteiger partial charge in [-0.05, 0) is 24.6 Å². The van der Waals surface area contributed by atoms with Crippen molar-refractivity contribution >= 4 is 17.7 Å². The van der Waals surface area contributed by atoms with E-state index in [-0.39, 0.29) is 11.4 Å². The average molecular weight is 252 g/mol. The second-order valence-corrected chi connectivity index (χ2v) is 4.52. The molecule has 1 N–H and O–H groups in total. The average Bonchev–Trinajstić information content (AvgIpc) is 2.72. The van der Waals surface area contributed by atoms with Gasteiger partial charge in [-0.15, -0.1) is 0 Å². The van der Waals surface area contributed by atoms with Gasteiger partial charge in [-0.1, -0.05) is 17.8 Å². The molecule has 2 rings (SSSR count). The molecule has 0 atom stereocenters. The monoisotopic (exact) mass is 252 g/mol. The van der Waals surface area contributed by atoms with Crippen molar-refractivity contribution in [3.63, 3.8) is 0 Å².